The lowest BCUT2D eigenvalue weighted by Crippen LogP contribution is -2.38. The van der Waals surface area contributed by atoms with Gasteiger partial charge in [0.05, 0.1) is 5.92 Å². The molecule has 1 fully saturated rings. The molecular formula is C16H19NO3. The van der Waals surface area contributed by atoms with Gasteiger partial charge in [0.2, 0.25) is 5.91 Å². The lowest BCUT2D eigenvalue weighted by molar-refractivity contribution is -0.143. The maximum atomic E-state index is 12.7. The quantitative estimate of drug-likeness (QED) is 0.900. The van der Waals surface area contributed by atoms with Crippen LogP contribution in [0.4, 0.5) is 5.69 Å². The number of anilines is 1. The average Bonchev–Trinajstić information content (AvgIpc) is 2.90. The molecule has 0 bridgehead atoms. The molecule has 0 radical (unpaired) electrons. The molecule has 1 heterocycles. The molecule has 4 heteroatoms. The maximum absolute atomic E-state index is 12.7. The van der Waals surface area contributed by atoms with Crippen molar-refractivity contribution in [1.29, 1.82) is 0 Å². The molecule has 20 heavy (non-hydrogen) atoms. The number of fused-ring (bicyclic) bond motifs is 1. The van der Waals surface area contributed by atoms with Crippen molar-refractivity contribution in [1.82, 2.24) is 0 Å². The highest BCUT2D eigenvalue weighted by Crippen LogP contribution is 2.34. The van der Waals surface area contributed by atoms with E-state index in [1.54, 1.807) is 0 Å². The van der Waals surface area contributed by atoms with E-state index in [4.69, 9.17) is 5.11 Å². The lowest BCUT2D eigenvalue weighted by Gasteiger charge is -2.29. The first-order chi connectivity index (χ1) is 9.66. The van der Waals surface area contributed by atoms with Crippen molar-refractivity contribution in [3.63, 3.8) is 0 Å². The summed E-state index contributed by atoms with van der Waals surface area (Å²) in [7, 11) is 0. The number of rotatable bonds is 2. The summed E-state index contributed by atoms with van der Waals surface area (Å²) < 4.78 is 0. The van der Waals surface area contributed by atoms with Crippen molar-refractivity contribution in [2.24, 2.45) is 11.8 Å². The third-order valence-corrected chi connectivity index (χ3v) is 4.53. The molecule has 2 atom stereocenters. The average molecular weight is 273 g/mol. The SMILES string of the molecule is O=C(O)[C@H]1CCC[C@@H](C(=O)N2CCc3ccccc32)C1. The number of carboxylic acids is 1. The van der Waals surface area contributed by atoms with E-state index in [9.17, 15) is 9.59 Å². The summed E-state index contributed by atoms with van der Waals surface area (Å²) in [6.07, 6.45) is 3.75. The first kappa shape index (κ1) is 13.2. The molecule has 3 rings (SSSR count). The largest absolute Gasteiger partial charge is 0.481 e. The van der Waals surface area contributed by atoms with E-state index in [0.717, 1.165) is 31.5 Å². The second kappa shape index (κ2) is 5.27. The van der Waals surface area contributed by atoms with Gasteiger partial charge in [0, 0.05) is 18.2 Å². The minimum Gasteiger partial charge on any atom is -0.481 e. The topological polar surface area (TPSA) is 57.6 Å². The summed E-state index contributed by atoms with van der Waals surface area (Å²) in [5.41, 5.74) is 2.22. The molecule has 1 saturated carbocycles. The number of carbonyl (C=O) groups is 2. The van der Waals surface area contributed by atoms with Crippen molar-refractivity contribution >= 4 is 17.6 Å². The Hall–Kier alpha value is -1.84. The van der Waals surface area contributed by atoms with Gasteiger partial charge in [-0.2, -0.15) is 0 Å². The Morgan fingerprint density at radius 2 is 1.90 bits per heavy atom. The van der Waals surface area contributed by atoms with Gasteiger partial charge in [0.25, 0.3) is 0 Å². The molecule has 0 aromatic heterocycles. The lowest BCUT2D eigenvalue weighted by atomic mass is 9.80. The number of hydrogen-bond acceptors (Lipinski definition) is 2. The normalized spacial score (nSPS) is 25.3. The third-order valence-electron chi connectivity index (χ3n) is 4.53. The van der Waals surface area contributed by atoms with Gasteiger partial charge in [-0.05, 0) is 37.3 Å². The minimum atomic E-state index is -0.760. The number of para-hydroxylation sites is 1. The van der Waals surface area contributed by atoms with E-state index in [-0.39, 0.29) is 17.7 Å². The zero-order valence-corrected chi connectivity index (χ0v) is 11.4. The van der Waals surface area contributed by atoms with Crippen LogP contribution in [-0.4, -0.2) is 23.5 Å². The van der Waals surface area contributed by atoms with Crippen LogP contribution < -0.4 is 4.90 Å². The van der Waals surface area contributed by atoms with Crippen LogP contribution in [-0.2, 0) is 16.0 Å². The second-order valence-electron chi connectivity index (χ2n) is 5.77. The molecule has 1 amide bonds. The fraction of sp³-hybridized carbons (Fsp3) is 0.500. The summed E-state index contributed by atoms with van der Waals surface area (Å²) in [4.78, 5) is 25.6. The highest BCUT2D eigenvalue weighted by molar-refractivity contribution is 5.97. The van der Waals surface area contributed by atoms with Gasteiger partial charge in [0.1, 0.15) is 0 Å². The van der Waals surface area contributed by atoms with Crippen LogP contribution in [0.2, 0.25) is 0 Å². The van der Waals surface area contributed by atoms with E-state index in [1.807, 2.05) is 23.1 Å². The Kier molecular flexibility index (Phi) is 3.47. The monoisotopic (exact) mass is 273 g/mol. The van der Waals surface area contributed by atoms with E-state index in [0.29, 0.717) is 12.8 Å². The van der Waals surface area contributed by atoms with Crippen LogP contribution in [0.15, 0.2) is 24.3 Å². The van der Waals surface area contributed by atoms with E-state index in [1.165, 1.54) is 5.56 Å². The Balaban J connectivity index is 1.75. The van der Waals surface area contributed by atoms with Gasteiger partial charge in [-0.3, -0.25) is 9.59 Å². The molecule has 0 saturated heterocycles. The molecule has 106 valence electrons. The molecule has 1 N–H and O–H groups in total. The van der Waals surface area contributed by atoms with Crippen molar-refractivity contribution < 1.29 is 14.7 Å². The zero-order chi connectivity index (χ0) is 14.1. The first-order valence-corrected chi connectivity index (χ1v) is 7.29. The van der Waals surface area contributed by atoms with Crippen LogP contribution in [0.5, 0.6) is 0 Å². The molecular weight excluding hydrogens is 254 g/mol. The zero-order valence-electron chi connectivity index (χ0n) is 11.4. The van der Waals surface area contributed by atoms with Gasteiger partial charge in [0.15, 0.2) is 0 Å². The third kappa shape index (κ3) is 2.30. The summed E-state index contributed by atoms with van der Waals surface area (Å²) in [5, 5.41) is 9.14. The Bertz CT molecular complexity index is 540. The molecule has 0 spiro atoms. The first-order valence-electron chi connectivity index (χ1n) is 7.29. The van der Waals surface area contributed by atoms with Crippen LogP contribution in [0.3, 0.4) is 0 Å². The molecule has 2 aliphatic rings. The summed E-state index contributed by atoms with van der Waals surface area (Å²) in [6.45, 7) is 0.729. The summed E-state index contributed by atoms with van der Waals surface area (Å²) in [6, 6.07) is 7.99. The molecule has 4 nitrogen and oxygen atoms in total. The fourth-order valence-corrected chi connectivity index (χ4v) is 3.43. The van der Waals surface area contributed by atoms with Gasteiger partial charge in [-0.15, -0.1) is 0 Å². The van der Waals surface area contributed by atoms with Crippen molar-refractivity contribution in [3.8, 4) is 0 Å². The van der Waals surface area contributed by atoms with Gasteiger partial charge >= 0.3 is 5.97 Å². The van der Waals surface area contributed by atoms with E-state index in [2.05, 4.69) is 6.07 Å². The number of carbonyl (C=O) groups excluding carboxylic acids is 1. The fourth-order valence-electron chi connectivity index (χ4n) is 3.43. The number of carboxylic acid groups (broad SMARTS) is 1. The number of nitrogens with zero attached hydrogens (tertiary/aromatic N) is 1. The second-order valence-corrected chi connectivity index (χ2v) is 5.77. The Morgan fingerprint density at radius 3 is 2.70 bits per heavy atom. The predicted octanol–water partition coefficient (Wildman–Crippen LogP) is 2.47. The Morgan fingerprint density at radius 1 is 1.15 bits per heavy atom. The molecule has 1 aliphatic heterocycles. The molecule has 1 aromatic carbocycles. The maximum Gasteiger partial charge on any atom is 0.306 e. The van der Waals surface area contributed by atoms with Crippen molar-refractivity contribution in [3.05, 3.63) is 29.8 Å². The van der Waals surface area contributed by atoms with Gasteiger partial charge in [-0.25, -0.2) is 0 Å². The predicted molar refractivity (Wildman–Crippen MR) is 75.6 cm³/mol. The number of amides is 1. The van der Waals surface area contributed by atoms with E-state index >= 15 is 0 Å². The summed E-state index contributed by atoms with van der Waals surface area (Å²) in [5.74, 6) is -1.13. The van der Waals surface area contributed by atoms with E-state index < -0.39 is 5.97 Å². The van der Waals surface area contributed by atoms with Crippen LogP contribution in [0.25, 0.3) is 0 Å². The van der Waals surface area contributed by atoms with Crippen LogP contribution in [0, 0.1) is 11.8 Å². The van der Waals surface area contributed by atoms with Gasteiger partial charge < -0.3 is 10.0 Å². The van der Waals surface area contributed by atoms with Crippen LogP contribution >= 0.6 is 0 Å². The molecule has 0 unspecified atom stereocenters. The van der Waals surface area contributed by atoms with Crippen LogP contribution in [0.1, 0.15) is 31.2 Å². The molecule has 1 aromatic rings. The highest BCUT2D eigenvalue weighted by Gasteiger charge is 2.35. The van der Waals surface area contributed by atoms with Crippen molar-refractivity contribution in [2.45, 2.75) is 32.1 Å². The smallest absolute Gasteiger partial charge is 0.306 e. The number of benzene rings is 1. The number of aliphatic carboxylic acids is 1. The Labute approximate surface area is 118 Å². The van der Waals surface area contributed by atoms with Gasteiger partial charge in [-0.1, -0.05) is 24.6 Å². The summed E-state index contributed by atoms with van der Waals surface area (Å²) >= 11 is 0. The standard InChI is InChI=1S/C16H19NO3/c18-15(12-5-3-6-13(10-12)16(19)20)17-9-8-11-4-1-2-7-14(11)17/h1-2,4,7,12-13H,3,5-6,8-10H2,(H,19,20)/t12-,13+/m1/s1. The molecule has 1 aliphatic carbocycles. The minimum absolute atomic E-state index is 0.112. The number of hydrogen-bond donors (Lipinski definition) is 1. The highest BCUT2D eigenvalue weighted by atomic mass is 16.4. The van der Waals surface area contributed by atoms with Crippen molar-refractivity contribution in [2.75, 3.05) is 11.4 Å².